The number of rotatable bonds is 4. The van der Waals surface area contributed by atoms with E-state index < -0.39 is 6.10 Å². The molecule has 16 heavy (non-hydrogen) atoms. The van der Waals surface area contributed by atoms with E-state index in [9.17, 15) is 9.50 Å². The van der Waals surface area contributed by atoms with Gasteiger partial charge in [0.15, 0.2) is 0 Å². The molecule has 1 aliphatic heterocycles. The van der Waals surface area contributed by atoms with Gasteiger partial charge in [-0.1, -0.05) is 6.07 Å². The summed E-state index contributed by atoms with van der Waals surface area (Å²) in [5.74, 6) is -0.304. The number of benzene rings is 1. The first-order chi connectivity index (χ1) is 7.70. The van der Waals surface area contributed by atoms with Crippen LogP contribution in [-0.2, 0) is 4.74 Å². The van der Waals surface area contributed by atoms with Gasteiger partial charge in [-0.15, -0.1) is 11.8 Å². The summed E-state index contributed by atoms with van der Waals surface area (Å²) in [4.78, 5) is 0.598. The molecule has 3 N–H and O–H groups in total. The quantitative estimate of drug-likeness (QED) is 0.837. The van der Waals surface area contributed by atoms with E-state index in [0.717, 1.165) is 0 Å². The summed E-state index contributed by atoms with van der Waals surface area (Å²) in [6, 6.07) is 4.74. The Labute approximate surface area is 97.8 Å². The van der Waals surface area contributed by atoms with Crippen molar-refractivity contribution in [3.63, 3.8) is 0 Å². The molecule has 0 amide bonds. The average molecular weight is 243 g/mol. The monoisotopic (exact) mass is 243 g/mol. The Morgan fingerprint density at radius 3 is 2.81 bits per heavy atom. The smallest absolute Gasteiger partial charge is 0.137 e. The molecule has 0 bridgehead atoms. The average Bonchev–Trinajstić information content (AvgIpc) is 2.23. The zero-order valence-corrected chi connectivity index (χ0v) is 9.54. The highest BCUT2D eigenvalue weighted by atomic mass is 32.2. The van der Waals surface area contributed by atoms with Crippen molar-refractivity contribution in [1.82, 2.24) is 0 Å². The summed E-state index contributed by atoms with van der Waals surface area (Å²) < 4.78 is 18.7. The van der Waals surface area contributed by atoms with E-state index in [2.05, 4.69) is 0 Å². The van der Waals surface area contributed by atoms with Crippen LogP contribution in [0.15, 0.2) is 23.1 Å². The third-order valence-corrected chi connectivity index (χ3v) is 3.66. The zero-order valence-electron chi connectivity index (χ0n) is 8.73. The molecule has 3 nitrogen and oxygen atoms in total. The number of aliphatic hydroxyl groups excluding tert-OH is 1. The normalized spacial score (nSPS) is 18.2. The molecular formula is C11H14FNO2S. The van der Waals surface area contributed by atoms with Gasteiger partial charge in [-0.05, 0) is 17.7 Å². The van der Waals surface area contributed by atoms with Crippen molar-refractivity contribution in [2.24, 2.45) is 5.73 Å². The summed E-state index contributed by atoms with van der Waals surface area (Å²) >= 11 is 1.47. The molecule has 1 aliphatic rings. The summed E-state index contributed by atoms with van der Waals surface area (Å²) in [6.45, 7) is 1.46. The lowest BCUT2D eigenvalue weighted by Gasteiger charge is -2.25. The van der Waals surface area contributed by atoms with Gasteiger partial charge in [-0.2, -0.15) is 0 Å². The lowest BCUT2D eigenvalue weighted by molar-refractivity contribution is 0.0455. The Morgan fingerprint density at radius 1 is 1.56 bits per heavy atom. The van der Waals surface area contributed by atoms with Crippen molar-refractivity contribution in [1.29, 1.82) is 0 Å². The SMILES string of the molecule is NCC(O)c1ccc(SC2COC2)c(F)c1. The molecule has 88 valence electrons. The molecule has 1 fully saturated rings. The molecule has 1 aromatic rings. The second kappa shape index (κ2) is 5.14. The number of aliphatic hydroxyl groups is 1. The van der Waals surface area contributed by atoms with Crippen LogP contribution in [0.4, 0.5) is 4.39 Å². The topological polar surface area (TPSA) is 55.5 Å². The third-order valence-electron chi connectivity index (χ3n) is 2.47. The Kier molecular flexibility index (Phi) is 3.81. The van der Waals surface area contributed by atoms with Gasteiger partial charge in [-0.3, -0.25) is 0 Å². The van der Waals surface area contributed by atoms with E-state index in [1.165, 1.54) is 17.8 Å². The summed E-state index contributed by atoms with van der Waals surface area (Å²) in [5.41, 5.74) is 5.83. The molecule has 0 saturated carbocycles. The van der Waals surface area contributed by atoms with Crippen LogP contribution in [0.5, 0.6) is 0 Å². The van der Waals surface area contributed by atoms with E-state index in [1.807, 2.05) is 0 Å². The number of hydrogen-bond donors (Lipinski definition) is 2. The lowest BCUT2D eigenvalue weighted by Crippen LogP contribution is -2.30. The Balaban J connectivity index is 2.09. The van der Waals surface area contributed by atoms with E-state index in [4.69, 9.17) is 10.5 Å². The molecule has 0 aromatic heterocycles. The highest BCUT2D eigenvalue weighted by Gasteiger charge is 2.21. The van der Waals surface area contributed by atoms with E-state index in [-0.39, 0.29) is 12.4 Å². The van der Waals surface area contributed by atoms with Gasteiger partial charge in [0.05, 0.1) is 24.6 Å². The van der Waals surface area contributed by atoms with Crippen LogP contribution in [0.25, 0.3) is 0 Å². The molecule has 0 radical (unpaired) electrons. The second-order valence-electron chi connectivity index (χ2n) is 3.72. The van der Waals surface area contributed by atoms with Crippen molar-refractivity contribution in [3.8, 4) is 0 Å². The minimum atomic E-state index is -0.791. The van der Waals surface area contributed by atoms with Crippen LogP contribution in [0, 0.1) is 5.82 Å². The zero-order chi connectivity index (χ0) is 11.5. The summed E-state index contributed by atoms with van der Waals surface area (Å²) in [5, 5.41) is 9.81. The highest BCUT2D eigenvalue weighted by Crippen LogP contribution is 2.31. The highest BCUT2D eigenvalue weighted by molar-refractivity contribution is 8.00. The van der Waals surface area contributed by atoms with Gasteiger partial charge in [0.2, 0.25) is 0 Å². The van der Waals surface area contributed by atoms with Gasteiger partial charge < -0.3 is 15.6 Å². The maximum absolute atomic E-state index is 13.7. The molecule has 1 heterocycles. The van der Waals surface area contributed by atoms with Crippen molar-refractivity contribution < 1.29 is 14.2 Å². The van der Waals surface area contributed by atoms with Gasteiger partial charge in [0.1, 0.15) is 5.82 Å². The molecular weight excluding hydrogens is 229 g/mol. The second-order valence-corrected chi connectivity index (χ2v) is 5.06. The maximum Gasteiger partial charge on any atom is 0.137 e. The first kappa shape index (κ1) is 11.9. The van der Waals surface area contributed by atoms with Crippen LogP contribution in [0.3, 0.4) is 0 Å². The van der Waals surface area contributed by atoms with Gasteiger partial charge in [0.25, 0.3) is 0 Å². The Bertz CT molecular complexity index is 371. The van der Waals surface area contributed by atoms with Gasteiger partial charge in [0, 0.05) is 11.4 Å². The molecule has 1 unspecified atom stereocenters. The standard InChI is InChI=1S/C11H14FNO2S/c12-9-3-7(10(14)4-13)1-2-11(9)16-8-5-15-6-8/h1-3,8,10,14H,4-6,13H2. The van der Waals surface area contributed by atoms with Gasteiger partial charge in [-0.25, -0.2) is 4.39 Å². The largest absolute Gasteiger partial charge is 0.387 e. The third kappa shape index (κ3) is 2.55. The Hall–Kier alpha value is -0.620. The fraction of sp³-hybridized carbons (Fsp3) is 0.455. The van der Waals surface area contributed by atoms with Crippen molar-refractivity contribution in [3.05, 3.63) is 29.6 Å². The number of hydrogen-bond acceptors (Lipinski definition) is 4. The van der Waals surface area contributed by atoms with E-state index in [1.54, 1.807) is 12.1 Å². The number of halogens is 1. The first-order valence-corrected chi connectivity index (χ1v) is 6.00. The molecule has 5 heteroatoms. The van der Waals surface area contributed by atoms with Crippen LogP contribution < -0.4 is 5.73 Å². The number of nitrogens with two attached hydrogens (primary N) is 1. The van der Waals surface area contributed by atoms with Crippen LogP contribution >= 0.6 is 11.8 Å². The molecule has 2 rings (SSSR count). The van der Waals surface area contributed by atoms with Crippen LogP contribution in [0.2, 0.25) is 0 Å². The molecule has 0 aliphatic carbocycles. The predicted molar refractivity (Wildman–Crippen MR) is 60.9 cm³/mol. The van der Waals surface area contributed by atoms with E-state index >= 15 is 0 Å². The van der Waals surface area contributed by atoms with Crippen LogP contribution in [-0.4, -0.2) is 30.1 Å². The Morgan fingerprint density at radius 2 is 2.31 bits per heavy atom. The number of ether oxygens (including phenoxy) is 1. The summed E-state index contributed by atoms with van der Waals surface area (Å²) in [7, 11) is 0. The first-order valence-electron chi connectivity index (χ1n) is 5.12. The fourth-order valence-electron chi connectivity index (χ4n) is 1.42. The minimum Gasteiger partial charge on any atom is -0.387 e. The lowest BCUT2D eigenvalue weighted by atomic mass is 10.1. The molecule has 1 aromatic carbocycles. The van der Waals surface area contributed by atoms with Crippen molar-refractivity contribution >= 4 is 11.8 Å². The predicted octanol–water partition coefficient (Wildman–Crippen LogP) is 1.31. The number of thioether (sulfide) groups is 1. The van der Waals surface area contributed by atoms with Crippen molar-refractivity contribution in [2.45, 2.75) is 16.2 Å². The fourth-order valence-corrected chi connectivity index (χ4v) is 2.42. The van der Waals surface area contributed by atoms with Gasteiger partial charge >= 0.3 is 0 Å². The maximum atomic E-state index is 13.7. The molecule has 1 saturated heterocycles. The molecule has 0 spiro atoms. The van der Waals surface area contributed by atoms with E-state index in [0.29, 0.717) is 28.9 Å². The minimum absolute atomic E-state index is 0.0996. The molecule has 1 atom stereocenters. The van der Waals surface area contributed by atoms with Crippen molar-refractivity contribution in [2.75, 3.05) is 19.8 Å². The summed E-state index contributed by atoms with van der Waals surface area (Å²) in [6.07, 6.45) is -0.791. The van der Waals surface area contributed by atoms with Crippen LogP contribution in [0.1, 0.15) is 11.7 Å².